The van der Waals surface area contributed by atoms with E-state index in [-0.39, 0.29) is 10.6 Å². The van der Waals surface area contributed by atoms with Crippen molar-refractivity contribution in [2.75, 3.05) is 0 Å². The van der Waals surface area contributed by atoms with E-state index in [1.807, 2.05) is 0 Å². The summed E-state index contributed by atoms with van der Waals surface area (Å²) in [4.78, 5) is 21.5. The van der Waals surface area contributed by atoms with E-state index in [0.29, 0.717) is 5.56 Å². The number of carboxylic acid groups (broad SMARTS) is 1. The van der Waals surface area contributed by atoms with Crippen molar-refractivity contribution < 1.29 is 14.7 Å². The van der Waals surface area contributed by atoms with Gasteiger partial charge in [0.25, 0.3) is 0 Å². The fraction of sp³-hybridized carbons (Fsp3) is 0. The van der Waals surface area contributed by atoms with Crippen LogP contribution in [-0.4, -0.2) is 17.4 Å². The molecule has 2 aromatic carbocycles. The van der Waals surface area contributed by atoms with E-state index in [1.165, 1.54) is 6.07 Å². The summed E-state index contributed by atoms with van der Waals surface area (Å²) < 4.78 is 0. The zero-order valence-electron chi connectivity index (χ0n) is 9.26. The topological polar surface area (TPSA) is 54.4 Å². The fourth-order valence-corrected chi connectivity index (χ4v) is 1.82. The quantitative estimate of drug-likeness (QED) is 0.859. The van der Waals surface area contributed by atoms with Crippen LogP contribution in [0.3, 0.4) is 0 Å². The van der Waals surface area contributed by atoms with Crippen molar-refractivity contribution >= 4 is 23.9 Å². The van der Waals surface area contributed by atoms with Gasteiger partial charge in [-0.1, -0.05) is 41.9 Å². The third-order valence-electron chi connectivity index (χ3n) is 2.58. The Morgan fingerprint density at radius 1 is 1.06 bits per heavy atom. The first-order chi connectivity index (χ1) is 8.61. The first-order valence-electron chi connectivity index (χ1n) is 5.20. The predicted molar refractivity (Wildman–Crippen MR) is 69.2 cm³/mol. The lowest BCUT2D eigenvalue weighted by molar-refractivity contribution is 0.0697. The Bertz CT molecular complexity index is 603. The molecule has 2 aromatic rings. The van der Waals surface area contributed by atoms with Crippen molar-refractivity contribution in [2.24, 2.45) is 0 Å². The Labute approximate surface area is 109 Å². The number of carbonyl (C=O) groups is 2. The van der Waals surface area contributed by atoms with Gasteiger partial charge in [-0.25, -0.2) is 4.79 Å². The molecule has 0 spiro atoms. The molecular weight excluding hydrogens is 252 g/mol. The molecule has 0 aliphatic heterocycles. The van der Waals surface area contributed by atoms with Crippen molar-refractivity contribution in [1.82, 2.24) is 0 Å². The van der Waals surface area contributed by atoms with Crippen molar-refractivity contribution in [1.29, 1.82) is 0 Å². The van der Waals surface area contributed by atoms with Gasteiger partial charge < -0.3 is 5.11 Å². The number of carbonyl (C=O) groups excluding carboxylic acids is 1. The van der Waals surface area contributed by atoms with E-state index in [4.69, 9.17) is 16.7 Å². The molecule has 0 aliphatic carbocycles. The minimum atomic E-state index is -1.06. The summed E-state index contributed by atoms with van der Waals surface area (Å²) in [6.45, 7) is 0. The minimum absolute atomic E-state index is 0.0635. The van der Waals surface area contributed by atoms with Crippen LogP contribution in [0.4, 0.5) is 0 Å². The van der Waals surface area contributed by atoms with Crippen LogP contribution in [0.1, 0.15) is 20.7 Å². The number of hydrogen-bond donors (Lipinski definition) is 1. The van der Waals surface area contributed by atoms with Crippen molar-refractivity contribution in [3.8, 4) is 11.1 Å². The van der Waals surface area contributed by atoms with Crippen molar-refractivity contribution in [3.05, 3.63) is 58.6 Å². The normalized spacial score (nSPS) is 10.1. The van der Waals surface area contributed by atoms with Crippen LogP contribution >= 0.6 is 11.6 Å². The maximum absolute atomic E-state index is 11.0. The standard InChI is InChI=1S/C14H9ClO3/c15-13-6-5-11(7-12(13)14(17)18)10-3-1-9(8-16)2-4-10/h1-8H,(H,17,18). The van der Waals surface area contributed by atoms with E-state index in [1.54, 1.807) is 36.4 Å². The molecule has 0 amide bonds. The second kappa shape index (κ2) is 5.02. The Kier molecular flexibility index (Phi) is 3.44. The number of aldehydes is 1. The summed E-state index contributed by atoms with van der Waals surface area (Å²) in [5.74, 6) is -1.06. The average Bonchev–Trinajstić information content (AvgIpc) is 2.39. The van der Waals surface area contributed by atoms with E-state index in [0.717, 1.165) is 17.4 Å². The molecule has 0 heterocycles. The maximum atomic E-state index is 11.0. The highest BCUT2D eigenvalue weighted by Crippen LogP contribution is 2.25. The first-order valence-corrected chi connectivity index (χ1v) is 5.58. The van der Waals surface area contributed by atoms with Gasteiger partial charge in [-0.05, 0) is 23.3 Å². The molecule has 2 rings (SSSR count). The lowest BCUT2D eigenvalue weighted by atomic mass is 10.0. The van der Waals surface area contributed by atoms with Gasteiger partial charge >= 0.3 is 5.97 Å². The van der Waals surface area contributed by atoms with Gasteiger partial charge in [0, 0.05) is 5.56 Å². The molecule has 3 nitrogen and oxygen atoms in total. The predicted octanol–water partition coefficient (Wildman–Crippen LogP) is 3.52. The van der Waals surface area contributed by atoms with Gasteiger partial charge in [-0.3, -0.25) is 4.79 Å². The monoisotopic (exact) mass is 260 g/mol. The summed E-state index contributed by atoms with van der Waals surface area (Å²) >= 11 is 5.80. The van der Waals surface area contributed by atoms with Crippen LogP contribution in [0.25, 0.3) is 11.1 Å². The molecule has 0 bridgehead atoms. The van der Waals surface area contributed by atoms with Gasteiger partial charge in [0.15, 0.2) is 0 Å². The molecule has 0 aromatic heterocycles. The van der Waals surface area contributed by atoms with Crippen molar-refractivity contribution in [3.63, 3.8) is 0 Å². The number of rotatable bonds is 3. The highest BCUT2D eigenvalue weighted by Gasteiger charge is 2.10. The molecular formula is C14H9ClO3. The third-order valence-corrected chi connectivity index (χ3v) is 2.91. The number of benzene rings is 2. The lowest BCUT2D eigenvalue weighted by Crippen LogP contribution is -1.97. The second-order valence-electron chi connectivity index (χ2n) is 3.74. The smallest absolute Gasteiger partial charge is 0.337 e. The number of halogens is 1. The third kappa shape index (κ3) is 2.41. The summed E-state index contributed by atoms with van der Waals surface area (Å²) in [5.41, 5.74) is 2.22. The van der Waals surface area contributed by atoms with Gasteiger partial charge in [0.05, 0.1) is 10.6 Å². The van der Waals surface area contributed by atoms with E-state index in [9.17, 15) is 9.59 Å². The van der Waals surface area contributed by atoms with Crippen LogP contribution < -0.4 is 0 Å². The Balaban J connectivity index is 2.47. The van der Waals surface area contributed by atoms with Gasteiger partial charge in [0.2, 0.25) is 0 Å². The zero-order valence-corrected chi connectivity index (χ0v) is 10.0. The minimum Gasteiger partial charge on any atom is -0.478 e. The van der Waals surface area contributed by atoms with Crippen LogP contribution in [-0.2, 0) is 0 Å². The number of aromatic carboxylic acids is 1. The van der Waals surface area contributed by atoms with Crippen molar-refractivity contribution in [2.45, 2.75) is 0 Å². The first kappa shape index (κ1) is 12.3. The number of hydrogen-bond acceptors (Lipinski definition) is 2. The fourth-order valence-electron chi connectivity index (χ4n) is 1.62. The molecule has 0 saturated heterocycles. The van der Waals surface area contributed by atoms with Crippen LogP contribution in [0.2, 0.25) is 5.02 Å². The van der Waals surface area contributed by atoms with E-state index < -0.39 is 5.97 Å². The molecule has 0 aliphatic rings. The molecule has 0 saturated carbocycles. The molecule has 0 radical (unpaired) electrons. The van der Waals surface area contributed by atoms with Gasteiger partial charge in [0.1, 0.15) is 6.29 Å². The second-order valence-corrected chi connectivity index (χ2v) is 4.15. The average molecular weight is 261 g/mol. The molecule has 0 atom stereocenters. The van der Waals surface area contributed by atoms with E-state index >= 15 is 0 Å². The Hall–Kier alpha value is -2.13. The SMILES string of the molecule is O=Cc1ccc(-c2ccc(Cl)c(C(=O)O)c2)cc1. The largest absolute Gasteiger partial charge is 0.478 e. The highest BCUT2D eigenvalue weighted by molar-refractivity contribution is 6.33. The molecule has 0 fully saturated rings. The van der Waals surface area contributed by atoms with Gasteiger partial charge in [-0.2, -0.15) is 0 Å². The summed E-state index contributed by atoms with van der Waals surface area (Å²) in [6, 6.07) is 11.7. The van der Waals surface area contributed by atoms with Crippen LogP contribution in [0.5, 0.6) is 0 Å². The summed E-state index contributed by atoms with van der Waals surface area (Å²) in [6.07, 6.45) is 0.758. The van der Waals surface area contributed by atoms with Crippen LogP contribution in [0.15, 0.2) is 42.5 Å². The molecule has 90 valence electrons. The summed E-state index contributed by atoms with van der Waals surface area (Å²) in [5, 5.41) is 9.19. The lowest BCUT2D eigenvalue weighted by Gasteiger charge is -2.05. The van der Waals surface area contributed by atoms with Gasteiger partial charge in [-0.15, -0.1) is 0 Å². The van der Waals surface area contributed by atoms with Crippen LogP contribution in [0, 0.1) is 0 Å². The van der Waals surface area contributed by atoms with E-state index in [2.05, 4.69) is 0 Å². The molecule has 0 unspecified atom stereocenters. The molecule has 4 heteroatoms. The highest BCUT2D eigenvalue weighted by atomic mass is 35.5. The molecule has 1 N–H and O–H groups in total. The maximum Gasteiger partial charge on any atom is 0.337 e. The zero-order chi connectivity index (χ0) is 13.1. The molecule has 18 heavy (non-hydrogen) atoms. The summed E-state index contributed by atoms with van der Waals surface area (Å²) in [7, 11) is 0. The Morgan fingerprint density at radius 2 is 1.67 bits per heavy atom. The Morgan fingerprint density at radius 3 is 2.22 bits per heavy atom. The number of carboxylic acids is 1.